The molecule has 0 spiro atoms. The fourth-order valence-corrected chi connectivity index (χ4v) is 2.23. The molecule has 1 aromatic carbocycles. The van der Waals surface area contributed by atoms with Crippen molar-refractivity contribution in [1.29, 1.82) is 0 Å². The van der Waals surface area contributed by atoms with Crippen molar-refractivity contribution < 1.29 is 13.5 Å². The minimum atomic E-state index is -3.15. The van der Waals surface area contributed by atoms with Gasteiger partial charge in [0.25, 0.3) is 0 Å². The molecule has 0 aliphatic rings. The van der Waals surface area contributed by atoms with E-state index in [1.54, 1.807) is 24.3 Å². The van der Waals surface area contributed by atoms with Gasteiger partial charge < -0.3 is 5.11 Å². The lowest BCUT2D eigenvalue weighted by Gasteiger charge is -2.12. The number of aliphatic hydroxyl groups is 1. The molecule has 1 rings (SSSR count). The maximum atomic E-state index is 11.3. The van der Waals surface area contributed by atoms with Crippen molar-refractivity contribution in [2.45, 2.75) is 37.7 Å². The van der Waals surface area contributed by atoms with Crippen molar-refractivity contribution in [2.24, 2.45) is 5.92 Å². The average Bonchev–Trinajstić information content (AvgIpc) is 2.25. The van der Waals surface area contributed by atoms with Crippen molar-refractivity contribution in [3.8, 4) is 0 Å². The molecule has 1 unspecified atom stereocenters. The third-order valence-electron chi connectivity index (χ3n) is 2.71. The summed E-state index contributed by atoms with van der Waals surface area (Å²) in [5.41, 5.74) is 0.776. The highest BCUT2D eigenvalue weighted by Crippen LogP contribution is 2.22. The molecule has 0 heterocycles. The molecule has 3 nitrogen and oxygen atoms in total. The van der Waals surface area contributed by atoms with E-state index in [0.29, 0.717) is 12.3 Å². The molecular weight excluding hydrogens is 236 g/mol. The van der Waals surface area contributed by atoms with Crippen molar-refractivity contribution >= 4 is 9.84 Å². The number of hydrogen-bond acceptors (Lipinski definition) is 3. The molecule has 0 aliphatic carbocycles. The molecule has 96 valence electrons. The highest BCUT2D eigenvalue weighted by atomic mass is 32.2. The Hall–Kier alpha value is -0.870. The molecule has 0 saturated heterocycles. The minimum Gasteiger partial charge on any atom is -0.388 e. The number of aliphatic hydroxyl groups excluding tert-OH is 1. The summed E-state index contributed by atoms with van der Waals surface area (Å²) in [6, 6.07) is 6.45. The van der Waals surface area contributed by atoms with Crippen LogP contribution in [0.5, 0.6) is 0 Å². The van der Waals surface area contributed by atoms with E-state index in [2.05, 4.69) is 13.8 Å². The Balaban J connectivity index is 2.74. The predicted molar refractivity (Wildman–Crippen MR) is 68.6 cm³/mol. The zero-order chi connectivity index (χ0) is 13.1. The van der Waals surface area contributed by atoms with Crippen LogP contribution in [0.15, 0.2) is 29.2 Å². The first kappa shape index (κ1) is 14.2. The van der Waals surface area contributed by atoms with Crippen molar-refractivity contribution in [2.75, 3.05) is 6.26 Å². The van der Waals surface area contributed by atoms with E-state index in [-0.39, 0.29) is 4.90 Å². The van der Waals surface area contributed by atoms with Crippen LogP contribution in [0, 0.1) is 5.92 Å². The molecule has 0 saturated carbocycles. The van der Waals surface area contributed by atoms with E-state index in [1.165, 1.54) is 6.26 Å². The second kappa shape index (κ2) is 5.65. The molecule has 17 heavy (non-hydrogen) atoms. The Kier molecular flexibility index (Phi) is 4.71. The zero-order valence-electron chi connectivity index (χ0n) is 10.6. The topological polar surface area (TPSA) is 54.4 Å². The van der Waals surface area contributed by atoms with E-state index in [9.17, 15) is 13.5 Å². The SMILES string of the molecule is CC(C)CCC(O)c1ccc(S(C)(=O)=O)cc1. The van der Waals surface area contributed by atoms with Gasteiger partial charge >= 0.3 is 0 Å². The fourth-order valence-electron chi connectivity index (χ4n) is 1.60. The van der Waals surface area contributed by atoms with Crippen molar-refractivity contribution in [1.82, 2.24) is 0 Å². The Morgan fingerprint density at radius 3 is 2.06 bits per heavy atom. The Labute approximate surface area is 103 Å². The lowest BCUT2D eigenvalue weighted by atomic mass is 10.0. The standard InChI is InChI=1S/C13H20O3S/c1-10(2)4-9-13(14)11-5-7-12(8-6-11)17(3,15)16/h5-8,10,13-14H,4,9H2,1-3H3. The summed E-state index contributed by atoms with van der Waals surface area (Å²) < 4.78 is 22.5. The Morgan fingerprint density at radius 1 is 1.12 bits per heavy atom. The second-order valence-electron chi connectivity index (χ2n) is 4.83. The van der Waals surface area contributed by atoms with Gasteiger partial charge in [0.05, 0.1) is 11.0 Å². The largest absolute Gasteiger partial charge is 0.388 e. The second-order valence-corrected chi connectivity index (χ2v) is 6.84. The van der Waals surface area contributed by atoms with Gasteiger partial charge in [0.2, 0.25) is 0 Å². The van der Waals surface area contributed by atoms with Gasteiger partial charge in [-0.25, -0.2) is 8.42 Å². The molecule has 1 atom stereocenters. The molecule has 0 fully saturated rings. The van der Waals surface area contributed by atoms with Gasteiger partial charge in [0.15, 0.2) is 9.84 Å². The highest BCUT2D eigenvalue weighted by molar-refractivity contribution is 7.90. The van der Waals surface area contributed by atoms with Crippen LogP contribution in [-0.4, -0.2) is 19.8 Å². The summed E-state index contributed by atoms with van der Waals surface area (Å²) in [5, 5.41) is 9.91. The number of rotatable bonds is 5. The van der Waals surface area contributed by atoms with Crippen LogP contribution in [-0.2, 0) is 9.84 Å². The van der Waals surface area contributed by atoms with E-state index in [0.717, 1.165) is 12.0 Å². The first-order valence-electron chi connectivity index (χ1n) is 5.79. The Bertz CT molecular complexity index is 446. The van der Waals surface area contributed by atoms with Crippen LogP contribution in [0.2, 0.25) is 0 Å². The van der Waals surface area contributed by atoms with Crippen molar-refractivity contribution in [3.63, 3.8) is 0 Å². The first-order chi connectivity index (χ1) is 7.80. The molecule has 0 amide bonds. The van der Waals surface area contributed by atoms with E-state index >= 15 is 0 Å². The zero-order valence-corrected chi connectivity index (χ0v) is 11.4. The average molecular weight is 256 g/mol. The number of sulfone groups is 1. The fraction of sp³-hybridized carbons (Fsp3) is 0.538. The van der Waals surface area contributed by atoms with Crippen molar-refractivity contribution in [3.05, 3.63) is 29.8 Å². The summed E-state index contributed by atoms with van der Waals surface area (Å²) in [6.45, 7) is 4.22. The van der Waals surface area contributed by atoms with Crippen LogP contribution in [0.25, 0.3) is 0 Å². The molecule has 0 aromatic heterocycles. The quantitative estimate of drug-likeness (QED) is 0.881. The molecule has 0 radical (unpaired) electrons. The lowest BCUT2D eigenvalue weighted by Crippen LogP contribution is -2.01. The van der Waals surface area contributed by atoms with Crippen LogP contribution < -0.4 is 0 Å². The lowest BCUT2D eigenvalue weighted by molar-refractivity contribution is 0.159. The van der Waals surface area contributed by atoms with Crippen LogP contribution in [0.4, 0.5) is 0 Å². The maximum absolute atomic E-state index is 11.3. The summed E-state index contributed by atoms with van der Waals surface area (Å²) in [6.07, 6.45) is 2.33. The minimum absolute atomic E-state index is 0.289. The normalized spacial score (nSPS) is 13.9. The summed E-state index contributed by atoms with van der Waals surface area (Å²) in [4.78, 5) is 0.289. The molecule has 4 heteroatoms. The molecule has 1 aromatic rings. The van der Waals surface area contributed by atoms with Gasteiger partial charge in [0, 0.05) is 6.26 Å². The number of hydrogen-bond donors (Lipinski definition) is 1. The Morgan fingerprint density at radius 2 is 1.65 bits per heavy atom. The number of benzene rings is 1. The molecule has 0 aliphatic heterocycles. The highest BCUT2D eigenvalue weighted by Gasteiger charge is 2.11. The van der Waals surface area contributed by atoms with Crippen LogP contribution in [0.3, 0.4) is 0 Å². The van der Waals surface area contributed by atoms with E-state index in [4.69, 9.17) is 0 Å². The van der Waals surface area contributed by atoms with Gasteiger partial charge in [-0.05, 0) is 36.5 Å². The predicted octanol–water partition coefficient (Wildman–Crippen LogP) is 2.56. The third-order valence-corrected chi connectivity index (χ3v) is 3.84. The molecule has 1 N–H and O–H groups in total. The van der Waals surface area contributed by atoms with Crippen LogP contribution in [0.1, 0.15) is 38.4 Å². The summed E-state index contributed by atoms with van der Waals surface area (Å²) >= 11 is 0. The van der Waals surface area contributed by atoms with Gasteiger partial charge in [-0.1, -0.05) is 26.0 Å². The first-order valence-corrected chi connectivity index (χ1v) is 7.68. The molecular formula is C13H20O3S. The smallest absolute Gasteiger partial charge is 0.175 e. The van der Waals surface area contributed by atoms with Gasteiger partial charge in [-0.2, -0.15) is 0 Å². The van der Waals surface area contributed by atoms with E-state index < -0.39 is 15.9 Å². The van der Waals surface area contributed by atoms with Gasteiger partial charge in [-0.3, -0.25) is 0 Å². The molecule has 0 bridgehead atoms. The maximum Gasteiger partial charge on any atom is 0.175 e. The van der Waals surface area contributed by atoms with Crippen LogP contribution >= 0.6 is 0 Å². The summed E-state index contributed by atoms with van der Waals surface area (Å²) in [7, 11) is -3.15. The van der Waals surface area contributed by atoms with E-state index in [1.807, 2.05) is 0 Å². The van der Waals surface area contributed by atoms with Gasteiger partial charge in [0.1, 0.15) is 0 Å². The summed E-state index contributed by atoms with van der Waals surface area (Å²) in [5.74, 6) is 0.556. The third kappa shape index (κ3) is 4.48. The van der Waals surface area contributed by atoms with Gasteiger partial charge in [-0.15, -0.1) is 0 Å². The monoisotopic (exact) mass is 256 g/mol.